The molecule has 10 heteroatoms. The number of aryl methyl sites for hydroxylation is 1. The topological polar surface area (TPSA) is 118 Å². The van der Waals surface area contributed by atoms with Crippen LogP contribution < -0.4 is 15.6 Å². The van der Waals surface area contributed by atoms with Gasteiger partial charge >= 0.3 is 0 Å². The Labute approximate surface area is 195 Å². The van der Waals surface area contributed by atoms with Gasteiger partial charge in [0.05, 0.1) is 18.2 Å². The van der Waals surface area contributed by atoms with E-state index in [4.69, 9.17) is 4.74 Å². The Morgan fingerprint density at radius 2 is 1.48 bits per heavy atom. The van der Waals surface area contributed by atoms with Crippen LogP contribution in [0.1, 0.15) is 16.8 Å². The average molecular weight is 463 g/mol. The van der Waals surface area contributed by atoms with E-state index in [9.17, 15) is 9.59 Å². The molecular weight excluding hydrogens is 440 g/mol. The Bertz CT molecular complexity index is 1040. The number of carbonyl (C=O) groups is 2. The Morgan fingerprint density at radius 3 is 2.09 bits per heavy atom. The van der Waals surface area contributed by atoms with Gasteiger partial charge in [-0.1, -0.05) is 72.4 Å². The van der Waals surface area contributed by atoms with Crippen LogP contribution in [-0.2, 0) is 9.59 Å². The van der Waals surface area contributed by atoms with E-state index in [0.717, 1.165) is 22.9 Å². The normalized spacial score (nSPS) is 10.9. The summed E-state index contributed by atoms with van der Waals surface area (Å²) < 4.78 is 5.44. The fourth-order valence-electron chi connectivity index (χ4n) is 2.42. The highest BCUT2D eigenvalue weighted by molar-refractivity contribution is 7.99. The van der Waals surface area contributed by atoms with Crippen LogP contribution in [-0.4, -0.2) is 46.6 Å². The first kappa shape index (κ1) is 23.6. The summed E-state index contributed by atoms with van der Waals surface area (Å²) in [6, 6.07) is 20.4. The third-order valence-corrected chi connectivity index (χ3v) is 4.75. The standard InChI is InChI=1S/C23H22N6O3S/c1-17-12-22(32-15-20(30)28-24-13-18-8-4-2-5-9-18)27-23(26-17)33-16-21(31)29-25-14-19-10-6-3-7-11-19/h2-14H,15-16H2,1H3,(H,28,30)(H,29,31)/b24-13-,25-14-. The van der Waals surface area contributed by atoms with Crippen molar-refractivity contribution in [1.29, 1.82) is 0 Å². The van der Waals surface area contributed by atoms with Crippen molar-refractivity contribution in [3.63, 3.8) is 0 Å². The first-order valence-electron chi connectivity index (χ1n) is 9.94. The van der Waals surface area contributed by atoms with E-state index in [-0.39, 0.29) is 24.1 Å². The van der Waals surface area contributed by atoms with Crippen molar-refractivity contribution >= 4 is 36.0 Å². The quantitative estimate of drug-likeness (QED) is 0.207. The molecule has 0 unspecified atom stereocenters. The fourth-order valence-corrected chi connectivity index (χ4v) is 3.11. The fraction of sp³-hybridized carbons (Fsp3) is 0.130. The van der Waals surface area contributed by atoms with Gasteiger partial charge in [0.25, 0.3) is 11.8 Å². The minimum absolute atomic E-state index is 0.0731. The number of hydrazone groups is 2. The van der Waals surface area contributed by atoms with E-state index >= 15 is 0 Å². The van der Waals surface area contributed by atoms with Crippen LogP contribution in [0.4, 0.5) is 0 Å². The second-order valence-electron chi connectivity index (χ2n) is 6.62. The van der Waals surface area contributed by atoms with Crippen LogP contribution in [0, 0.1) is 6.92 Å². The molecule has 0 fully saturated rings. The van der Waals surface area contributed by atoms with Crippen LogP contribution in [0.25, 0.3) is 0 Å². The van der Waals surface area contributed by atoms with E-state index in [1.807, 2.05) is 60.7 Å². The smallest absolute Gasteiger partial charge is 0.278 e. The summed E-state index contributed by atoms with van der Waals surface area (Å²) in [6.07, 6.45) is 3.10. The number of benzene rings is 2. The highest BCUT2D eigenvalue weighted by Gasteiger charge is 2.09. The van der Waals surface area contributed by atoms with Gasteiger partial charge in [0.15, 0.2) is 11.8 Å². The van der Waals surface area contributed by atoms with E-state index in [2.05, 4.69) is 31.0 Å². The van der Waals surface area contributed by atoms with Gasteiger partial charge in [-0.25, -0.2) is 15.8 Å². The number of aromatic nitrogens is 2. The van der Waals surface area contributed by atoms with Crippen LogP contribution in [0.3, 0.4) is 0 Å². The van der Waals surface area contributed by atoms with E-state index < -0.39 is 5.91 Å². The molecule has 0 aliphatic heterocycles. The van der Waals surface area contributed by atoms with Crippen molar-refractivity contribution in [1.82, 2.24) is 20.8 Å². The molecule has 2 aromatic carbocycles. The van der Waals surface area contributed by atoms with Crippen molar-refractivity contribution in [3.8, 4) is 5.88 Å². The average Bonchev–Trinajstić information content (AvgIpc) is 2.82. The first-order chi connectivity index (χ1) is 16.1. The predicted octanol–water partition coefficient (Wildman–Crippen LogP) is 2.56. The molecule has 0 atom stereocenters. The molecule has 0 saturated carbocycles. The molecule has 0 aliphatic carbocycles. The van der Waals surface area contributed by atoms with Gasteiger partial charge in [0.2, 0.25) is 5.88 Å². The Balaban J connectivity index is 1.43. The molecule has 2 N–H and O–H groups in total. The van der Waals surface area contributed by atoms with Gasteiger partial charge < -0.3 is 4.74 Å². The van der Waals surface area contributed by atoms with E-state index in [1.54, 1.807) is 19.2 Å². The lowest BCUT2D eigenvalue weighted by molar-refractivity contribution is -0.123. The van der Waals surface area contributed by atoms with Gasteiger partial charge in [0, 0.05) is 11.8 Å². The summed E-state index contributed by atoms with van der Waals surface area (Å²) in [7, 11) is 0. The molecular formula is C23H22N6O3S. The van der Waals surface area contributed by atoms with Gasteiger partial charge in [-0.3, -0.25) is 9.59 Å². The van der Waals surface area contributed by atoms with Gasteiger partial charge in [-0.15, -0.1) is 0 Å². The highest BCUT2D eigenvalue weighted by Crippen LogP contribution is 2.17. The summed E-state index contributed by atoms with van der Waals surface area (Å²) in [6.45, 7) is 1.51. The Morgan fingerprint density at radius 1 is 0.909 bits per heavy atom. The Hall–Kier alpha value is -4.05. The number of rotatable bonds is 10. The number of ether oxygens (including phenoxy) is 1. The van der Waals surface area contributed by atoms with Crippen molar-refractivity contribution in [2.75, 3.05) is 12.4 Å². The SMILES string of the molecule is Cc1cc(OCC(=O)N/N=C\c2ccccc2)nc(SCC(=O)N/N=C\c2ccccc2)n1. The molecule has 168 valence electrons. The van der Waals surface area contributed by atoms with E-state index in [0.29, 0.717) is 10.9 Å². The molecule has 0 bridgehead atoms. The summed E-state index contributed by atoms with van der Waals surface area (Å²) in [5.74, 6) is -0.419. The predicted molar refractivity (Wildman–Crippen MR) is 127 cm³/mol. The molecule has 1 heterocycles. The maximum atomic E-state index is 12.0. The zero-order valence-electron chi connectivity index (χ0n) is 17.8. The second-order valence-corrected chi connectivity index (χ2v) is 7.56. The molecule has 0 spiro atoms. The third kappa shape index (κ3) is 8.91. The summed E-state index contributed by atoms with van der Waals surface area (Å²) in [4.78, 5) is 32.4. The molecule has 0 saturated heterocycles. The number of nitrogens with zero attached hydrogens (tertiary/aromatic N) is 4. The highest BCUT2D eigenvalue weighted by atomic mass is 32.2. The van der Waals surface area contributed by atoms with Crippen molar-refractivity contribution in [2.45, 2.75) is 12.1 Å². The van der Waals surface area contributed by atoms with Gasteiger partial charge in [-0.05, 0) is 18.1 Å². The first-order valence-corrected chi connectivity index (χ1v) is 10.9. The number of thioether (sulfide) groups is 1. The lowest BCUT2D eigenvalue weighted by Gasteiger charge is -2.07. The van der Waals surface area contributed by atoms with Crippen molar-refractivity contribution in [2.24, 2.45) is 10.2 Å². The molecule has 3 rings (SSSR count). The molecule has 33 heavy (non-hydrogen) atoms. The summed E-state index contributed by atoms with van der Waals surface area (Å²) in [5, 5.41) is 8.16. The van der Waals surface area contributed by atoms with Gasteiger partial charge in [-0.2, -0.15) is 15.2 Å². The van der Waals surface area contributed by atoms with E-state index in [1.165, 1.54) is 6.21 Å². The van der Waals surface area contributed by atoms with Crippen LogP contribution in [0.2, 0.25) is 0 Å². The lowest BCUT2D eigenvalue weighted by Crippen LogP contribution is -2.25. The van der Waals surface area contributed by atoms with Crippen molar-refractivity contribution in [3.05, 3.63) is 83.6 Å². The minimum Gasteiger partial charge on any atom is -0.467 e. The number of hydrogen-bond acceptors (Lipinski definition) is 8. The van der Waals surface area contributed by atoms with Gasteiger partial charge in [0.1, 0.15) is 0 Å². The zero-order chi connectivity index (χ0) is 23.3. The molecule has 1 aromatic heterocycles. The largest absolute Gasteiger partial charge is 0.467 e. The number of hydrogen-bond donors (Lipinski definition) is 2. The maximum absolute atomic E-state index is 12.0. The maximum Gasteiger partial charge on any atom is 0.278 e. The summed E-state index contributed by atoms with van der Waals surface area (Å²) >= 11 is 1.14. The monoisotopic (exact) mass is 462 g/mol. The molecule has 3 aromatic rings. The molecule has 9 nitrogen and oxygen atoms in total. The number of nitrogens with one attached hydrogen (secondary N) is 2. The second kappa shape index (κ2) is 12.7. The van der Waals surface area contributed by atoms with Crippen LogP contribution in [0.15, 0.2) is 82.1 Å². The van der Waals surface area contributed by atoms with Crippen LogP contribution in [0.5, 0.6) is 5.88 Å². The molecule has 2 amide bonds. The zero-order valence-corrected chi connectivity index (χ0v) is 18.7. The number of carbonyl (C=O) groups excluding carboxylic acids is 2. The summed E-state index contributed by atoms with van der Waals surface area (Å²) in [5.41, 5.74) is 7.24. The number of amides is 2. The van der Waals surface area contributed by atoms with Crippen LogP contribution >= 0.6 is 11.8 Å². The third-order valence-electron chi connectivity index (χ3n) is 3.90. The molecule has 0 aliphatic rings. The Kier molecular flexibility index (Phi) is 9.10. The molecule has 0 radical (unpaired) electrons. The minimum atomic E-state index is -0.427. The lowest BCUT2D eigenvalue weighted by atomic mass is 10.2. The van der Waals surface area contributed by atoms with Crippen molar-refractivity contribution < 1.29 is 14.3 Å².